The number of carbonyl (C=O) groups excluding carboxylic acids is 1. The predicted octanol–water partition coefficient (Wildman–Crippen LogP) is 2.27. The molecule has 5 heteroatoms. The first-order valence-corrected chi connectivity index (χ1v) is 6.20. The second-order valence-electron chi connectivity index (χ2n) is 4.18. The topological polar surface area (TPSA) is 38.8 Å². The molecule has 1 aliphatic heterocycles. The van der Waals surface area contributed by atoms with Crippen molar-refractivity contribution in [2.75, 3.05) is 26.8 Å². The summed E-state index contributed by atoms with van der Waals surface area (Å²) < 4.78 is 11.0. The van der Waals surface area contributed by atoms with E-state index in [1.54, 1.807) is 25.0 Å². The average Bonchev–Trinajstić information content (AvgIpc) is 2.38. The van der Waals surface area contributed by atoms with E-state index in [4.69, 9.17) is 21.1 Å². The Labute approximate surface area is 111 Å². The van der Waals surface area contributed by atoms with E-state index >= 15 is 0 Å². The van der Waals surface area contributed by atoms with Gasteiger partial charge in [-0.1, -0.05) is 17.7 Å². The maximum absolute atomic E-state index is 11.4. The van der Waals surface area contributed by atoms with Crippen LogP contribution in [0.25, 0.3) is 0 Å². The number of halogens is 1. The molecule has 1 unspecified atom stereocenters. The van der Waals surface area contributed by atoms with Crippen molar-refractivity contribution < 1.29 is 14.3 Å². The highest BCUT2D eigenvalue weighted by Crippen LogP contribution is 2.35. The first-order chi connectivity index (χ1) is 8.63. The molecule has 1 fully saturated rings. The van der Waals surface area contributed by atoms with Crippen LogP contribution in [-0.2, 0) is 9.53 Å². The molecule has 18 heavy (non-hydrogen) atoms. The highest BCUT2D eigenvalue weighted by molar-refractivity contribution is 6.31. The number of ether oxygens (including phenoxy) is 2. The van der Waals surface area contributed by atoms with Crippen LogP contribution in [0, 0.1) is 0 Å². The van der Waals surface area contributed by atoms with Crippen LogP contribution in [0.15, 0.2) is 18.2 Å². The molecule has 0 aliphatic carbocycles. The third-order valence-corrected chi connectivity index (χ3v) is 3.40. The van der Waals surface area contributed by atoms with Gasteiger partial charge in [-0.25, -0.2) is 0 Å². The second-order valence-corrected chi connectivity index (χ2v) is 4.59. The number of hydrogen-bond donors (Lipinski definition) is 0. The fraction of sp³-hybridized carbons (Fsp3) is 0.462. The lowest BCUT2D eigenvalue weighted by Crippen LogP contribution is -2.41. The number of nitrogens with zero attached hydrogens (tertiary/aromatic N) is 1. The zero-order valence-corrected chi connectivity index (χ0v) is 11.2. The van der Waals surface area contributed by atoms with Crippen LogP contribution < -0.4 is 4.74 Å². The van der Waals surface area contributed by atoms with Crippen LogP contribution in [-0.4, -0.2) is 37.6 Å². The van der Waals surface area contributed by atoms with Gasteiger partial charge in [0.15, 0.2) is 0 Å². The molecule has 0 bridgehead atoms. The molecule has 1 heterocycles. The molecule has 1 aromatic carbocycles. The maximum atomic E-state index is 11.4. The molecule has 2 rings (SSSR count). The number of methoxy groups -OCH3 is 1. The van der Waals surface area contributed by atoms with E-state index in [0.29, 0.717) is 30.5 Å². The molecule has 0 aromatic heterocycles. The predicted molar refractivity (Wildman–Crippen MR) is 69.0 cm³/mol. The number of hydrogen-bond acceptors (Lipinski definition) is 3. The van der Waals surface area contributed by atoms with Crippen molar-refractivity contribution in [1.82, 2.24) is 4.90 Å². The Bertz CT molecular complexity index is 450. The Hall–Kier alpha value is -1.26. The van der Waals surface area contributed by atoms with Crippen molar-refractivity contribution in [3.63, 3.8) is 0 Å². The summed E-state index contributed by atoms with van der Waals surface area (Å²) >= 11 is 6.21. The molecule has 4 nitrogen and oxygen atoms in total. The first kappa shape index (κ1) is 13.2. The fourth-order valence-electron chi connectivity index (χ4n) is 2.12. The molecule has 0 N–H and O–H groups in total. The fourth-order valence-corrected chi connectivity index (χ4v) is 2.41. The largest absolute Gasteiger partial charge is 0.496 e. The van der Waals surface area contributed by atoms with Crippen molar-refractivity contribution in [2.45, 2.75) is 13.0 Å². The summed E-state index contributed by atoms with van der Waals surface area (Å²) in [6, 6.07) is 5.48. The van der Waals surface area contributed by atoms with Crippen LogP contribution in [0.5, 0.6) is 5.75 Å². The molecule has 1 saturated heterocycles. The van der Waals surface area contributed by atoms with Crippen molar-refractivity contribution in [2.24, 2.45) is 0 Å². The monoisotopic (exact) mass is 269 g/mol. The Morgan fingerprint density at radius 3 is 3.00 bits per heavy atom. The van der Waals surface area contributed by atoms with Gasteiger partial charge < -0.3 is 14.4 Å². The van der Waals surface area contributed by atoms with Crippen LogP contribution in [0.1, 0.15) is 18.6 Å². The van der Waals surface area contributed by atoms with Crippen LogP contribution in [0.2, 0.25) is 5.02 Å². The van der Waals surface area contributed by atoms with E-state index < -0.39 is 0 Å². The number of amides is 1. The standard InChI is InChI=1S/C13H16ClNO3/c1-9(16)15-6-7-18-12(8-15)13-10(14)4-3-5-11(13)17-2/h3-5,12H,6-8H2,1-2H3. The van der Waals surface area contributed by atoms with Gasteiger partial charge in [0, 0.05) is 19.0 Å². The number of rotatable bonds is 2. The second kappa shape index (κ2) is 5.59. The van der Waals surface area contributed by atoms with E-state index in [0.717, 1.165) is 5.56 Å². The molecular formula is C13H16ClNO3. The molecule has 98 valence electrons. The molecule has 1 aromatic rings. The number of benzene rings is 1. The first-order valence-electron chi connectivity index (χ1n) is 5.83. The lowest BCUT2D eigenvalue weighted by atomic mass is 10.1. The minimum absolute atomic E-state index is 0.0503. The minimum atomic E-state index is -0.230. The average molecular weight is 270 g/mol. The van der Waals surface area contributed by atoms with Gasteiger partial charge in [0.25, 0.3) is 0 Å². The minimum Gasteiger partial charge on any atom is -0.496 e. The molecular weight excluding hydrogens is 254 g/mol. The Morgan fingerprint density at radius 1 is 1.56 bits per heavy atom. The zero-order chi connectivity index (χ0) is 13.1. The maximum Gasteiger partial charge on any atom is 0.219 e. The van der Waals surface area contributed by atoms with Crippen molar-refractivity contribution in [1.29, 1.82) is 0 Å². The molecule has 1 amide bonds. The van der Waals surface area contributed by atoms with Gasteiger partial charge in [-0.3, -0.25) is 4.79 Å². The van der Waals surface area contributed by atoms with Gasteiger partial charge in [-0.15, -0.1) is 0 Å². The normalized spacial score (nSPS) is 19.7. The van der Waals surface area contributed by atoms with Crippen LogP contribution >= 0.6 is 11.6 Å². The zero-order valence-electron chi connectivity index (χ0n) is 10.5. The molecule has 1 aliphatic rings. The third-order valence-electron chi connectivity index (χ3n) is 3.07. The third kappa shape index (κ3) is 2.60. The van der Waals surface area contributed by atoms with E-state index in [9.17, 15) is 4.79 Å². The van der Waals surface area contributed by atoms with Gasteiger partial charge in [0.2, 0.25) is 5.91 Å². The Balaban J connectivity index is 2.28. The Morgan fingerprint density at radius 2 is 2.33 bits per heavy atom. The van der Waals surface area contributed by atoms with E-state index in [-0.39, 0.29) is 12.0 Å². The number of carbonyl (C=O) groups is 1. The smallest absolute Gasteiger partial charge is 0.219 e. The van der Waals surface area contributed by atoms with E-state index in [1.807, 2.05) is 12.1 Å². The lowest BCUT2D eigenvalue weighted by molar-refractivity contribution is -0.136. The summed E-state index contributed by atoms with van der Waals surface area (Å²) in [5.41, 5.74) is 0.813. The van der Waals surface area contributed by atoms with Gasteiger partial charge in [-0.05, 0) is 12.1 Å². The molecule has 1 atom stereocenters. The summed E-state index contributed by atoms with van der Waals surface area (Å²) in [4.78, 5) is 13.2. The summed E-state index contributed by atoms with van der Waals surface area (Å²) in [5.74, 6) is 0.743. The van der Waals surface area contributed by atoms with Gasteiger partial charge in [0.05, 0.1) is 25.3 Å². The summed E-state index contributed by atoms with van der Waals surface area (Å²) in [7, 11) is 1.60. The van der Waals surface area contributed by atoms with Crippen molar-refractivity contribution in [3.05, 3.63) is 28.8 Å². The molecule has 0 spiro atoms. The van der Waals surface area contributed by atoms with Gasteiger partial charge in [-0.2, -0.15) is 0 Å². The highest BCUT2D eigenvalue weighted by Gasteiger charge is 2.27. The van der Waals surface area contributed by atoms with Crippen LogP contribution in [0.4, 0.5) is 0 Å². The molecule has 0 saturated carbocycles. The quantitative estimate of drug-likeness (QED) is 0.827. The van der Waals surface area contributed by atoms with E-state index in [2.05, 4.69) is 0 Å². The lowest BCUT2D eigenvalue weighted by Gasteiger charge is -2.33. The van der Waals surface area contributed by atoms with Gasteiger partial charge in [0.1, 0.15) is 11.9 Å². The highest BCUT2D eigenvalue weighted by atomic mass is 35.5. The van der Waals surface area contributed by atoms with Crippen molar-refractivity contribution in [3.8, 4) is 5.75 Å². The SMILES string of the molecule is COc1cccc(Cl)c1C1CN(C(C)=O)CCO1. The Kier molecular flexibility index (Phi) is 4.09. The van der Waals surface area contributed by atoms with E-state index in [1.165, 1.54) is 0 Å². The van der Waals surface area contributed by atoms with Gasteiger partial charge >= 0.3 is 0 Å². The number of morpholine rings is 1. The molecule has 0 radical (unpaired) electrons. The van der Waals surface area contributed by atoms with Crippen LogP contribution in [0.3, 0.4) is 0 Å². The summed E-state index contributed by atoms with van der Waals surface area (Å²) in [5, 5.41) is 0.602. The summed E-state index contributed by atoms with van der Waals surface area (Å²) in [6.07, 6.45) is -0.230. The summed E-state index contributed by atoms with van der Waals surface area (Å²) in [6.45, 7) is 3.21. The van der Waals surface area contributed by atoms with Crippen molar-refractivity contribution >= 4 is 17.5 Å².